The monoisotopic (exact) mass is 321 g/mol. The Kier molecular flexibility index (Phi) is 3.70. The molecule has 0 spiro atoms. The zero-order chi connectivity index (χ0) is 15.9. The molecule has 0 aliphatic carbocycles. The predicted molar refractivity (Wildman–Crippen MR) is 81.3 cm³/mol. The Balaban J connectivity index is 1.91. The lowest BCUT2D eigenvalue weighted by Gasteiger charge is -2.36. The summed E-state index contributed by atoms with van der Waals surface area (Å²) in [5, 5.41) is 0. The molecule has 0 amide bonds. The van der Waals surface area contributed by atoms with Crippen LogP contribution in [0.3, 0.4) is 0 Å². The zero-order valence-corrected chi connectivity index (χ0v) is 13.1. The first kappa shape index (κ1) is 15.1. The second-order valence-corrected chi connectivity index (χ2v) is 7.49. The minimum absolute atomic E-state index is 0.0415. The van der Waals surface area contributed by atoms with Crippen LogP contribution in [0.1, 0.15) is 17.4 Å². The van der Waals surface area contributed by atoms with Crippen LogP contribution >= 0.6 is 0 Å². The van der Waals surface area contributed by atoms with E-state index in [1.807, 2.05) is 6.92 Å². The molecule has 0 bridgehead atoms. The molecule has 1 aliphatic rings. The third-order valence-corrected chi connectivity index (χ3v) is 4.94. The van der Waals surface area contributed by atoms with Gasteiger partial charge in [0.15, 0.2) is 0 Å². The van der Waals surface area contributed by atoms with Gasteiger partial charge >= 0.3 is 0 Å². The van der Waals surface area contributed by atoms with Crippen molar-refractivity contribution in [1.29, 1.82) is 0 Å². The van der Waals surface area contributed by atoms with Gasteiger partial charge in [0.25, 0.3) is 0 Å². The highest BCUT2D eigenvalue weighted by Crippen LogP contribution is 2.29. The van der Waals surface area contributed by atoms with Gasteiger partial charge in [-0.2, -0.15) is 0 Å². The fourth-order valence-electron chi connectivity index (χ4n) is 2.45. The summed E-state index contributed by atoms with van der Waals surface area (Å²) < 4.78 is 38.1. The van der Waals surface area contributed by atoms with Gasteiger partial charge in [-0.15, -0.1) is 0 Å². The Labute approximate surface area is 128 Å². The molecule has 116 valence electrons. The van der Waals surface area contributed by atoms with Crippen molar-refractivity contribution >= 4 is 10.0 Å². The molecule has 1 aliphatic heterocycles. The van der Waals surface area contributed by atoms with Crippen LogP contribution < -0.4 is 0 Å². The summed E-state index contributed by atoms with van der Waals surface area (Å²) in [6.07, 6.45) is 1.19. The summed E-state index contributed by atoms with van der Waals surface area (Å²) >= 11 is 0. The van der Waals surface area contributed by atoms with E-state index >= 15 is 0 Å². The summed E-state index contributed by atoms with van der Waals surface area (Å²) in [7, 11) is -3.17. The van der Waals surface area contributed by atoms with Crippen LogP contribution in [0.15, 0.2) is 30.3 Å². The molecule has 0 N–H and O–H groups in total. The first-order valence-corrected chi connectivity index (χ1v) is 8.75. The van der Waals surface area contributed by atoms with Crippen molar-refractivity contribution in [2.45, 2.75) is 12.8 Å². The number of nitrogens with zero attached hydrogens (tertiary/aromatic N) is 3. The zero-order valence-electron chi connectivity index (χ0n) is 12.3. The SMILES string of the molecule is Cc1cc(-c2ccccc2F)nc(C2CN(S(C)(=O)=O)C2)n1. The molecule has 22 heavy (non-hydrogen) atoms. The number of aryl methyl sites for hydroxylation is 1. The Morgan fingerprint density at radius 1 is 1.23 bits per heavy atom. The van der Waals surface area contributed by atoms with Crippen molar-refractivity contribution in [2.75, 3.05) is 19.3 Å². The van der Waals surface area contributed by atoms with Crippen LogP contribution in [0.2, 0.25) is 0 Å². The molecule has 1 aromatic carbocycles. The molecule has 3 rings (SSSR count). The van der Waals surface area contributed by atoms with Crippen LogP contribution in [-0.2, 0) is 10.0 Å². The number of sulfonamides is 1. The highest BCUT2D eigenvalue weighted by atomic mass is 32.2. The molecular weight excluding hydrogens is 305 g/mol. The smallest absolute Gasteiger partial charge is 0.211 e. The number of aromatic nitrogens is 2. The Morgan fingerprint density at radius 3 is 2.55 bits per heavy atom. The van der Waals surface area contributed by atoms with Crippen LogP contribution in [0.5, 0.6) is 0 Å². The molecule has 5 nitrogen and oxygen atoms in total. The number of rotatable bonds is 3. The molecule has 1 saturated heterocycles. The molecule has 1 aromatic heterocycles. The summed E-state index contributed by atoms with van der Waals surface area (Å²) in [5.74, 6) is 0.191. The second kappa shape index (κ2) is 5.40. The van der Waals surface area contributed by atoms with E-state index < -0.39 is 10.0 Å². The van der Waals surface area contributed by atoms with E-state index in [-0.39, 0.29) is 11.7 Å². The third kappa shape index (κ3) is 2.86. The lowest BCUT2D eigenvalue weighted by atomic mass is 10.0. The first-order chi connectivity index (χ1) is 10.3. The molecule has 2 heterocycles. The van der Waals surface area contributed by atoms with E-state index in [4.69, 9.17) is 0 Å². The molecular formula is C15H16FN3O2S. The number of hydrogen-bond donors (Lipinski definition) is 0. The fraction of sp³-hybridized carbons (Fsp3) is 0.333. The van der Waals surface area contributed by atoms with E-state index in [9.17, 15) is 12.8 Å². The standard InChI is InChI=1S/C15H16FN3O2S/c1-10-7-14(12-5-3-4-6-13(12)16)18-15(17-10)11-8-19(9-11)22(2,20)21/h3-7,11H,8-9H2,1-2H3. The van der Waals surface area contributed by atoms with Gasteiger partial charge < -0.3 is 0 Å². The maximum absolute atomic E-state index is 13.9. The van der Waals surface area contributed by atoms with Gasteiger partial charge in [0, 0.05) is 30.3 Å². The number of halogens is 1. The van der Waals surface area contributed by atoms with Crippen LogP contribution in [0.4, 0.5) is 4.39 Å². The van der Waals surface area contributed by atoms with Crippen molar-refractivity contribution in [2.24, 2.45) is 0 Å². The second-order valence-electron chi connectivity index (χ2n) is 5.51. The highest BCUT2D eigenvalue weighted by Gasteiger charge is 2.36. The van der Waals surface area contributed by atoms with Gasteiger partial charge in [-0.05, 0) is 25.1 Å². The van der Waals surface area contributed by atoms with Gasteiger partial charge in [0.2, 0.25) is 10.0 Å². The Hall–Kier alpha value is -1.86. The Morgan fingerprint density at radius 2 is 1.91 bits per heavy atom. The van der Waals surface area contributed by atoms with Gasteiger partial charge in [0.1, 0.15) is 11.6 Å². The van der Waals surface area contributed by atoms with E-state index in [2.05, 4.69) is 9.97 Å². The van der Waals surface area contributed by atoms with Gasteiger partial charge in [-0.1, -0.05) is 12.1 Å². The third-order valence-electron chi connectivity index (χ3n) is 3.70. The quantitative estimate of drug-likeness (QED) is 0.867. The predicted octanol–water partition coefficient (Wildman–Crippen LogP) is 1.95. The first-order valence-electron chi connectivity index (χ1n) is 6.90. The maximum Gasteiger partial charge on any atom is 0.211 e. The average Bonchev–Trinajstić information content (AvgIpc) is 2.35. The molecule has 0 radical (unpaired) electrons. The van der Waals surface area contributed by atoms with E-state index in [1.54, 1.807) is 24.3 Å². The van der Waals surface area contributed by atoms with Crippen LogP contribution in [-0.4, -0.2) is 42.0 Å². The molecule has 0 atom stereocenters. The lowest BCUT2D eigenvalue weighted by molar-refractivity contribution is 0.257. The maximum atomic E-state index is 13.9. The molecule has 2 aromatic rings. The van der Waals surface area contributed by atoms with Crippen LogP contribution in [0.25, 0.3) is 11.3 Å². The average molecular weight is 321 g/mol. The summed E-state index contributed by atoms with van der Waals surface area (Å²) in [6, 6.07) is 8.18. The van der Waals surface area contributed by atoms with E-state index in [0.717, 1.165) is 5.69 Å². The fourth-order valence-corrected chi connectivity index (χ4v) is 3.35. The van der Waals surface area contributed by atoms with Crippen LogP contribution in [0, 0.1) is 12.7 Å². The van der Waals surface area contributed by atoms with Crippen molar-refractivity contribution in [1.82, 2.24) is 14.3 Å². The van der Waals surface area contributed by atoms with E-state index in [1.165, 1.54) is 16.6 Å². The topological polar surface area (TPSA) is 63.2 Å². The summed E-state index contributed by atoms with van der Waals surface area (Å²) in [6.45, 7) is 2.57. The van der Waals surface area contributed by atoms with Crippen molar-refractivity contribution in [3.05, 3.63) is 47.7 Å². The largest absolute Gasteiger partial charge is 0.238 e. The van der Waals surface area contributed by atoms with Gasteiger partial charge in [0.05, 0.1) is 11.9 Å². The summed E-state index contributed by atoms with van der Waals surface area (Å²) in [4.78, 5) is 8.80. The highest BCUT2D eigenvalue weighted by molar-refractivity contribution is 7.88. The van der Waals surface area contributed by atoms with Crippen molar-refractivity contribution in [3.8, 4) is 11.3 Å². The molecule has 1 fully saturated rings. The lowest BCUT2D eigenvalue weighted by Crippen LogP contribution is -2.48. The van der Waals surface area contributed by atoms with E-state index in [0.29, 0.717) is 30.2 Å². The minimum atomic E-state index is -3.17. The molecule has 0 saturated carbocycles. The normalized spacial score (nSPS) is 16.5. The van der Waals surface area contributed by atoms with Crippen molar-refractivity contribution < 1.29 is 12.8 Å². The minimum Gasteiger partial charge on any atom is -0.238 e. The molecule has 7 heteroatoms. The van der Waals surface area contributed by atoms with Gasteiger partial charge in [-0.25, -0.2) is 27.1 Å². The Bertz CT molecular complexity index is 817. The number of benzene rings is 1. The number of hydrogen-bond acceptors (Lipinski definition) is 4. The molecule has 0 unspecified atom stereocenters. The van der Waals surface area contributed by atoms with Gasteiger partial charge in [-0.3, -0.25) is 0 Å². The van der Waals surface area contributed by atoms with Crippen molar-refractivity contribution in [3.63, 3.8) is 0 Å². The summed E-state index contributed by atoms with van der Waals surface area (Å²) in [5.41, 5.74) is 1.69.